The van der Waals surface area contributed by atoms with E-state index >= 15 is 0 Å². The summed E-state index contributed by atoms with van der Waals surface area (Å²) in [6, 6.07) is 27.0. The van der Waals surface area contributed by atoms with Crippen molar-refractivity contribution in [1.82, 2.24) is 0 Å². The van der Waals surface area contributed by atoms with Crippen LogP contribution in [0.4, 0.5) is 5.69 Å². The summed E-state index contributed by atoms with van der Waals surface area (Å²) in [7, 11) is -3.89. The molecule has 31 heavy (non-hydrogen) atoms. The zero-order valence-electron chi connectivity index (χ0n) is 17.0. The van der Waals surface area contributed by atoms with E-state index in [-0.39, 0.29) is 17.1 Å². The molecular weight excluding hydrogens is 406 g/mol. The maximum absolute atomic E-state index is 13.8. The fourth-order valence-corrected chi connectivity index (χ4v) is 5.88. The number of carbonyl (C=O) groups excluding carboxylic acids is 1. The van der Waals surface area contributed by atoms with Crippen LogP contribution in [-0.4, -0.2) is 14.2 Å². The molecule has 0 aliphatic carbocycles. The fourth-order valence-electron chi connectivity index (χ4n) is 4.23. The van der Waals surface area contributed by atoms with Gasteiger partial charge in [-0.15, -0.1) is 0 Å². The minimum absolute atomic E-state index is 0.0517. The lowest BCUT2D eigenvalue weighted by Crippen LogP contribution is -2.40. The van der Waals surface area contributed by atoms with Gasteiger partial charge < -0.3 is 0 Å². The van der Waals surface area contributed by atoms with Gasteiger partial charge in [-0.05, 0) is 53.6 Å². The van der Waals surface area contributed by atoms with Crippen molar-refractivity contribution in [2.75, 3.05) is 4.31 Å². The second-order valence-electron chi connectivity index (χ2n) is 7.88. The number of rotatable bonds is 3. The molecule has 4 aromatic rings. The number of Topliss-reactive ketones (excluding diaryl/α,β-unsaturated/α-hetero) is 1. The molecule has 1 atom stereocenters. The van der Waals surface area contributed by atoms with Crippen molar-refractivity contribution in [3.05, 3.63) is 108 Å². The zero-order chi connectivity index (χ0) is 21.6. The van der Waals surface area contributed by atoms with E-state index in [4.69, 9.17) is 0 Å². The van der Waals surface area contributed by atoms with Gasteiger partial charge in [-0.3, -0.25) is 9.10 Å². The SMILES string of the molecule is Cc1ccc(S(=O)(=O)N2c3ccccc3C(=O)C[C@H]2c2ccc3ccccc3c2)cc1. The fraction of sp³-hybridized carbons (Fsp3) is 0.115. The summed E-state index contributed by atoms with van der Waals surface area (Å²) in [6.07, 6.45) is 0.0977. The van der Waals surface area contributed by atoms with Gasteiger partial charge in [0.25, 0.3) is 10.0 Å². The topological polar surface area (TPSA) is 54.5 Å². The average Bonchev–Trinajstić information content (AvgIpc) is 2.79. The predicted molar refractivity (Wildman–Crippen MR) is 123 cm³/mol. The number of hydrogen-bond donors (Lipinski definition) is 0. The van der Waals surface area contributed by atoms with E-state index < -0.39 is 16.1 Å². The molecule has 0 saturated carbocycles. The van der Waals surface area contributed by atoms with Crippen molar-refractivity contribution in [2.45, 2.75) is 24.3 Å². The Balaban J connectivity index is 1.72. The maximum atomic E-state index is 13.8. The smallest absolute Gasteiger partial charge is 0.264 e. The highest BCUT2D eigenvalue weighted by Crippen LogP contribution is 2.42. The number of anilines is 1. The van der Waals surface area contributed by atoms with Gasteiger partial charge in [0.05, 0.1) is 16.6 Å². The minimum Gasteiger partial charge on any atom is -0.294 e. The summed E-state index contributed by atoms with van der Waals surface area (Å²) in [5, 5.41) is 2.08. The van der Waals surface area contributed by atoms with Crippen molar-refractivity contribution < 1.29 is 13.2 Å². The number of fused-ring (bicyclic) bond motifs is 2. The number of hydrogen-bond acceptors (Lipinski definition) is 3. The van der Waals surface area contributed by atoms with Gasteiger partial charge in [0.15, 0.2) is 5.78 Å². The number of nitrogens with zero attached hydrogens (tertiary/aromatic N) is 1. The summed E-state index contributed by atoms with van der Waals surface area (Å²) < 4.78 is 29.1. The Kier molecular flexibility index (Phi) is 4.63. The summed E-state index contributed by atoms with van der Waals surface area (Å²) in [4.78, 5) is 13.2. The van der Waals surface area contributed by atoms with E-state index in [2.05, 4.69) is 0 Å². The Morgan fingerprint density at radius 1 is 0.806 bits per heavy atom. The first-order valence-corrected chi connectivity index (χ1v) is 11.6. The first-order valence-electron chi connectivity index (χ1n) is 10.2. The number of carbonyl (C=O) groups is 1. The third-order valence-electron chi connectivity index (χ3n) is 5.84. The third kappa shape index (κ3) is 3.31. The summed E-state index contributed by atoms with van der Waals surface area (Å²) in [5.74, 6) is -0.0517. The van der Waals surface area contributed by atoms with Crippen LogP contribution in [0.1, 0.15) is 33.9 Å². The zero-order valence-corrected chi connectivity index (χ0v) is 17.8. The number of aryl methyl sites for hydroxylation is 1. The van der Waals surface area contributed by atoms with E-state index in [0.29, 0.717) is 11.3 Å². The molecule has 0 saturated heterocycles. The molecule has 0 unspecified atom stereocenters. The van der Waals surface area contributed by atoms with Crippen LogP contribution in [0.25, 0.3) is 10.8 Å². The van der Waals surface area contributed by atoms with Crippen LogP contribution < -0.4 is 4.31 Å². The largest absolute Gasteiger partial charge is 0.294 e. The molecule has 154 valence electrons. The highest BCUT2D eigenvalue weighted by molar-refractivity contribution is 7.92. The lowest BCUT2D eigenvalue weighted by Gasteiger charge is -2.37. The molecule has 4 aromatic carbocycles. The predicted octanol–water partition coefficient (Wildman–Crippen LogP) is 5.67. The Labute approximate surface area is 181 Å². The maximum Gasteiger partial charge on any atom is 0.264 e. The number of sulfonamides is 1. The van der Waals surface area contributed by atoms with Crippen LogP contribution in [-0.2, 0) is 10.0 Å². The molecule has 0 N–H and O–H groups in total. The van der Waals surface area contributed by atoms with Crippen molar-refractivity contribution >= 4 is 32.3 Å². The minimum atomic E-state index is -3.89. The molecule has 0 radical (unpaired) electrons. The molecule has 0 spiro atoms. The molecule has 0 fully saturated rings. The molecule has 1 aliphatic rings. The lowest BCUT2D eigenvalue weighted by atomic mass is 9.91. The Bertz CT molecular complexity index is 1410. The van der Waals surface area contributed by atoms with Crippen molar-refractivity contribution in [2.24, 2.45) is 0 Å². The second-order valence-corrected chi connectivity index (χ2v) is 9.70. The average molecular weight is 428 g/mol. The number of benzene rings is 4. The Hall–Kier alpha value is -3.44. The molecular formula is C26H21NO3S. The van der Waals surface area contributed by atoms with Crippen LogP contribution in [0.3, 0.4) is 0 Å². The van der Waals surface area contributed by atoms with Crippen molar-refractivity contribution in [1.29, 1.82) is 0 Å². The Morgan fingerprint density at radius 3 is 2.26 bits per heavy atom. The standard InChI is InChI=1S/C26H21NO3S/c1-18-10-14-22(15-11-18)31(29,30)27-24-9-5-4-8-23(24)26(28)17-25(27)21-13-12-19-6-2-3-7-20(19)16-21/h2-16,25H,17H2,1H3/t25-/m0/s1. The van der Waals surface area contributed by atoms with Crippen molar-refractivity contribution in [3.8, 4) is 0 Å². The van der Waals surface area contributed by atoms with Crippen LogP contribution in [0.15, 0.2) is 95.9 Å². The van der Waals surface area contributed by atoms with Gasteiger partial charge in [-0.2, -0.15) is 0 Å². The summed E-state index contributed by atoms with van der Waals surface area (Å²) in [5.41, 5.74) is 2.66. The molecule has 0 amide bonds. The molecule has 0 aromatic heterocycles. The number of para-hydroxylation sites is 1. The van der Waals surface area contributed by atoms with Gasteiger partial charge in [0, 0.05) is 12.0 Å². The van der Waals surface area contributed by atoms with E-state index in [1.807, 2.05) is 49.4 Å². The van der Waals surface area contributed by atoms with Gasteiger partial charge >= 0.3 is 0 Å². The van der Waals surface area contributed by atoms with E-state index in [9.17, 15) is 13.2 Å². The highest BCUT2D eigenvalue weighted by atomic mass is 32.2. The van der Waals surface area contributed by atoms with Gasteiger partial charge in [-0.1, -0.05) is 66.2 Å². The van der Waals surface area contributed by atoms with E-state index in [0.717, 1.165) is 21.9 Å². The highest BCUT2D eigenvalue weighted by Gasteiger charge is 2.40. The Morgan fingerprint density at radius 2 is 1.48 bits per heavy atom. The monoisotopic (exact) mass is 427 g/mol. The van der Waals surface area contributed by atoms with E-state index in [1.54, 1.807) is 48.5 Å². The van der Waals surface area contributed by atoms with Crippen LogP contribution in [0, 0.1) is 6.92 Å². The van der Waals surface area contributed by atoms with Gasteiger partial charge in [0.2, 0.25) is 0 Å². The normalized spacial score (nSPS) is 16.4. The van der Waals surface area contributed by atoms with Gasteiger partial charge in [0.1, 0.15) is 0 Å². The van der Waals surface area contributed by atoms with Crippen molar-refractivity contribution in [3.63, 3.8) is 0 Å². The molecule has 5 rings (SSSR count). The summed E-state index contributed by atoms with van der Waals surface area (Å²) in [6.45, 7) is 1.92. The van der Waals surface area contributed by atoms with E-state index in [1.165, 1.54) is 4.31 Å². The number of ketones is 1. The van der Waals surface area contributed by atoms with Crippen LogP contribution >= 0.6 is 0 Å². The van der Waals surface area contributed by atoms with Crippen LogP contribution in [0.5, 0.6) is 0 Å². The first-order chi connectivity index (χ1) is 14.9. The van der Waals surface area contributed by atoms with Gasteiger partial charge in [-0.25, -0.2) is 8.42 Å². The molecule has 1 heterocycles. The third-order valence-corrected chi connectivity index (χ3v) is 7.68. The molecule has 1 aliphatic heterocycles. The summed E-state index contributed by atoms with van der Waals surface area (Å²) >= 11 is 0. The quantitative estimate of drug-likeness (QED) is 0.423. The van der Waals surface area contributed by atoms with Crippen LogP contribution in [0.2, 0.25) is 0 Å². The molecule has 5 heteroatoms. The first kappa shape index (κ1) is 19.5. The lowest BCUT2D eigenvalue weighted by molar-refractivity contribution is 0.0969. The second kappa shape index (κ2) is 7.36. The molecule has 4 nitrogen and oxygen atoms in total. The molecule has 0 bridgehead atoms.